The molecule has 1 fully saturated rings. The van der Waals surface area contributed by atoms with E-state index in [1.165, 1.54) is 5.38 Å². The highest BCUT2D eigenvalue weighted by Gasteiger charge is 2.64. The number of carbonyl (C=O) groups excluding carboxylic acids is 1. The Morgan fingerprint density at radius 2 is 2.24 bits per heavy atom. The first-order valence-corrected chi connectivity index (χ1v) is 5.80. The van der Waals surface area contributed by atoms with Crippen LogP contribution in [0.4, 0.5) is 13.2 Å². The topological polar surface area (TPSA) is 68.0 Å². The van der Waals surface area contributed by atoms with Crippen LogP contribution in [0, 0.1) is 0 Å². The van der Waals surface area contributed by atoms with Crippen LogP contribution in [0.3, 0.4) is 0 Å². The number of hydrogen-bond acceptors (Lipinski definition) is 4. The van der Waals surface area contributed by atoms with Crippen LogP contribution >= 0.6 is 11.3 Å². The molecule has 94 valence electrons. The summed E-state index contributed by atoms with van der Waals surface area (Å²) in [5, 5.41) is 3.93. The molecule has 0 aliphatic heterocycles. The highest BCUT2D eigenvalue weighted by atomic mass is 32.1. The first-order valence-electron chi connectivity index (χ1n) is 4.92. The van der Waals surface area contributed by atoms with Gasteiger partial charge in [0.2, 0.25) is 0 Å². The fourth-order valence-corrected chi connectivity index (χ4v) is 2.05. The molecule has 3 N–H and O–H groups in total. The average molecular weight is 265 g/mol. The van der Waals surface area contributed by atoms with Crippen molar-refractivity contribution in [2.24, 2.45) is 5.73 Å². The number of nitrogens with two attached hydrogens (primary N) is 1. The average Bonchev–Trinajstić information content (AvgIpc) is 2.88. The van der Waals surface area contributed by atoms with E-state index in [4.69, 9.17) is 5.73 Å². The van der Waals surface area contributed by atoms with Crippen molar-refractivity contribution in [3.63, 3.8) is 0 Å². The van der Waals surface area contributed by atoms with Crippen LogP contribution in [0.1, 0.15) is 28.3 Å². The molecular weight excluding hydrogens is 255 g/mol. The minimum atomic E-state index is -4.41. The third-order valence-electron chi connectivity index (χ3n) is 2.60. The SMILES string of the molecule is NCc1nc(C(=O)NC2(C(F)(F)F)CC2)cs1. The van der Waals surface area contributed by atoms with E-state index in [2.05, 4.69) is 4.98 Å². The number of nitrogens with zero attached hydrogens (tertiary/aromatic N) is 1. The number of amides is 1. The quantitative estimate of drug-likeness (QED) is 0.868. The molecule has 4 nitrogen and oxygen atoms in total. The molecule has 1 aliphatic rings. The monoisotopic (exact) mass is 265 g/mol. The zero-order chi connectivity index (χ0) is 12.7. The molecule has 1 aliphatic carbocycles. The van der Waals surface area contributed by atoms with E-state index in [1.807, 2.05) is 5.32 Å². The number of nitrogens with one attached hydrogen (secondary N) is 1. The molecule has 17 heavy (non-hydrogen) atoms. The maximum absolute atomic E-state index is 12.6. The number of alkyl halides is 3. The molecule has 1 saturated carbocycles. The highest BCUT2D eigenvalue weighted by Crippen LogP contribution is 2.49. The van der Waals surface area contributed by atoms with Gasteiger partial charge in [0, 0.05) is 11.9 Å². The van der Waals surface area contributed by atoms with Gasteiger partial charge in [0.15, 0.2) is 0 Å². The lowest BCUT2D eigenvalue weighted by Crippen LogP contribution is -2.47. The maximum Gasteiger partial charge on any atom is 0.411 e. The molecule has 0 radical (unpaired) electrons. The minimum absolute atomic E-state index is 0.00836. The largest absolute Gasteiger partial charge is 0.411 e. The van der Waals surface area contributed by atoms with Gasteiger partial charge in [-0.15, -0.1) is 11.3 Å². The minimum Gasteiger partial charge on any atom is -0.336 e. The van der Waals surface area contributed by atoms with Crippen molar-refractivity contribution in [2.75, 3.05) is 0 Å². The van der Waals surface area contributed by atoms with Crippen LogP contribution in [0.25, 0.3) is 0 Å². The summed E-state index contributed by atoms with van der Waals surface area (Å²) in [4.78, 5) is 15.4. The van der Waals surface area contributed by atoms with E-state index in [0.29, 0.717) is 5.01 Å². The van der Waals surface area contributed by atoms with Crippen molar-refractivity contribution >= 4 is 17.2 Å². The second kappa shape index (κ2) is 3.95. The summed E-state index contributed by atoms with van der Waals surface area (Å²) < 4.78 is 37.8. The molecule has 1 amide bonds. The van der Waals surface area contributed by atoms with Crippen molar-refractivity contribution in [1.82, 2.24) is 10.3 Å². The van der Waals surface area contributed by atoms with Crippen molar-refractivity contribution in [1.29, 1.82) is 0 Å². The summed E-state index contributed by atoms with van der Waals surface area (Å²) in [5.41, 5.74) is 3.25. The van der Waals surface area contributed by atoms with Crippen molar-refractivity contribution < 1.29 is 18.0 Å². The second-order valence-electron chi connectivity index (χ2n) is 3.86. The van der Waals surface area contributed by atoms with Gasteiger partial charge < -0.3 is 11.1 Å². The smallest absolute Gasteiger partial charge is 0.336 e. The van der Waals surface area contributed by atoms with E-state index in [-0.39, 0.29) is 25.1 Å². The van der Waals surface area contributed by atoms with E-state index >= 15 is 0 Å². The van der Waals surface area contributed by atoms with Crippen molar-refractivity contribution in [2.45, 2.75) is 31.1 Å². The summed E-state index contributed by atoms with van der Waals surface area (Å²) in [5.74, 6) is -0.796. The van der Waals surface area contributed by atoms with Gasteiger partial charge >= 0.3 is 6.18 Å². The molecule has 0 saturated heterocycles. The van der Waals surface area contributed by atoms with Gasteiger partial charge in [-0.25, -0.2) is 4.98 Å². The van der Waals surface area contributed by atoms with Gasteiger partial charge in [-0.2, -0.15) is 13.2 Å². The van der Waals surface area contributed by atoms with Gasteiger partial charge in [-0.05, 0) is 12.8 Å². The highest BCUT2D eigenvalue weighted by molar-refractivity contribution is 7.09. The van der Waals surface area contributed by atoms with Gasteiger partial charge in [0.05, 0.1) is 0 Å². The molecule has 0 unspecified atom stereocenters. The molecular formula is C9H10F3N3OS. The van der Waals surface area contributed by atoms with Crippen LogP contribution in [0.5, 0.6) is 0 Å². The molecule has 0 bridgehead atoms. The Balaban J connectivity index is 2.07. The van der Waals surface area contributed by atoms with E-state index in [1.54, 1.807) is 0 Å². The molecule has 0 atom stereocenters. The number of halogens is 3. The molecule has 8 heteroatoms. The van der Waals surface area contributed by atoms with Crippen molar-refractivity contribution in [3.8, 4) is 0 Å². The third kappa shape index (κ3) is 2.27. The molecule has 0 aromatic carbocycles. The predicted molar refractivity (Wildman–Crippen MR) is 55.5 cm³/mol. The number of aromatic nitrogens is 1. The Morgan fingerprint density at radius 3 is 2.65 bits per heavy atom. The number of hydrogen-bond donors (Lipinski definition) is 2. The van der Waals surface area contributed by atoms with Gasteiger partial charge in [-0.3, -0.25) is 4.79 Å². The normalized spacial score (nSPS) is 17.9. The lowest BCUT2D eigenvalue weighted by molar-refractivity contribution is -0.163. The molecule has 1 aromatic heterocycles. The first-order chi connectivity index (χ1) is 7.88. The lowest BCUT2D eigenvalue weighted by atomic mass is 10.2. The third-order valence-corrected chi connectivity index (χ3v) is 3.48. The van der Waals surface area contributed by atoms with Crippen LogP contribution < -0.4 is 11.1 Å². The molecule has 1 heterocycles. The summed E-state index contributed by atoms with van der Waals surface area (Å²) in [6.07, 6.45) is -4.55. The van der Waals surface area contributed by atoms with Crippen LogP contribution in [-0.4, -0.2) is 22.6 Å². The molecule has 1 aromatic rings. The maximum atomic E-state index is 12.6. The van der Waals surface area contributed by atoms with Crippen LogP contribution in [0.15, 0.2) is 5.38 Å². The molecule has 0 spiro atoms. The summed E-state index contributed by atoms with van der Waals surface area (Å²) in [6, 6.07) is 0. The van der Waals surface area contributed by atoms with E-state index in [9.17, 15) is 18.0 Å². The standard InChI is InChI=1S/C9H10F3N3OS/c10-9(11,12)8(1-2-8)15-7(16)5-4-17-6(3-13)14-5/h4H,1-3,13H2,(H,15,16). The van der Waals surface area contributed by atoms with Gasteiger partial charge in [-0.1, -0.05) is 0 Å². The Morgan fingerprint density at radius 1 is 1.59 bits per heavy atom. The fraction of sp³-hybridized carbons (Fsp3) is 0.556. The van der Waals surface area contributed by atoms with Gasteiger partial charge in [0.25, 0.3) is 5.91 Å². The Kier molecular flexibility index (Phi) is 2.86. The van der Waals surface area contributed by atoms with E-state index in [0.717, 1.165) is 11.3 Å². The number of rotatable bonds is 3. The summed E-state index contributed by atoms with van der Waals surface area (Å²) in [7, 11) is 0. The fourth-order valence-electron chi connectivity index (χ4n) is 1.39. The van der Waals surface area contributed by atoms with Crippen LogP contribution in [-0.2, 0) is 6.54 Å². The lowest BCUT2D eigenvalue weighted by Gasteiger charge is -2.19. The van der Waals surface area contributed by atoms with Gasteiger partial charge in [0.1, 0.15) is 16.2 Å². The summed E-state index contributed by atoms with van der Waals surface area (Å²) in [6.45, 7) is 0.169. The predicted octanol–water partition coefficient (Wildman–Crippen LogP) is 1.43. The Bertz CT molecular complexity index is 439. The number of thiazole rings is 1. The van der Waals surface area contributed by atoms with E-state index < -0.39 is 17.6 Å². The van der Waals surface area contributed by atoms with Crippen molar-refractivity contribution in [3.05, 3.63) is 16.1 Å². The summed E-state index contributed by atoms with van der Waals surface area (Å²) >= 11 is 1.15. The zero-order valence-electron chi connectivity index (χ0n) is 8.67. The van der Waals surface area contributed by atoms with Crippen LogP contribution in [0.2, 0.25) is 0 Å². The molecule has 2 rings (SSSR count). The zero-order valence-corrected chi connectivity index (χ0v) is 9.49. The Hall–Kier alpha value is -1.15. The number of carbonyl (C=O) groups is 1. The Labute approximate surface area is 99.0 Å². The second-order valence-corrected chi connectivity index (χ2v) is 4.81. The first kappa shape index (κ1) is 12.3.